The number of carbonyl (C=O) groups is 1. The zero-order chi connectivity index (χ0) is 17.7. The molecule has 0 aliphatic rings. The molecule has 0 bridgehead atoms. The van der Waals surface area contributed by atoms with Crippen molar-refractivity contribution in [1.29, 1.82) is 0 Å². The van der Waals surface area contributed by atoms with Crippen LogP contribution in [0.3, 0.4) is 0 Å². The maximum Gasteiger partial charge on any atom is 0.307 e. The van der Waals surface area contributed by atoms with Gasteiger partial charge in [0.05, 0.1) is 6.42 Å². The first kappa shape index (κ1) is 18.6. The van der Waals surface area contributed by atoms with E-state index in [1.165, 1.54) is 6.20 Å². The largest absolute Gasteiger partial charge is 0.461 e. The third-order valence-electron chi connectivity index (χ3n) is 3.33. The van der Waals surface area contributed by atoms with Gasteiger partial charge < -0.3 is 9.30 Å². The molecule has 0 saturated heterocycles. The Hall–Kier alpha value is -1.71. The van der Waals surface area contributed by atoms with E-state index in [9.17, 15) is 13.2 Å². The molecule has 0 radical (unpaired) electrons. The molecular formula is C15H18BrN3O4S. The second-order valence-electron chi connectivity index (χ2n) is 5.14. The van der Waals surface area contributed by atoms with Gasteiger partial charge in [-0.1, -0.05) is 34.1 Å². The highest BCUT2D eigenvalue weighted by Crippen LogP contribution is 2.16. The van der Waals surface area contributed by atoms with Crippen molar-refractivity contribution in [3.8, 4) is 0 Å². The molecule has 1 heterocycles. The van der Waals surface area contributed by atoms with Gasteiger partial charge in [-0.05, 0) is 13.0 Å². The summed E-state index contributed by atoms with van der Waals surface area (Å²) in [5.41, 5.74) is 0.843. The number of hydrogen-bond acceptors (Lipinski definition) is 5. The van der Waals surface area contributed by atoms with Crippen molar-refractivity contribution in [3.05, 3.63) is 46.3 Å². The fourth-order valence-electron chi connectivity index (χ4n) is 1.86. The highest BCUT2D eigenvalue weighted by Gasteiger charge is 2.18. The minimum atomic E-state index is -3.73. The molecule has 1 aromatic carbocycles. The summed E-state index contributed by atoms with van der Waals surface area (Å²) in [5.74, 6) is 0.105. The van der Waals surface area contributed by atoms with Crippen molar-refractivity contribution in [2.24, 2.45) is 7.05 Å². The van der Waals surface area contributed by atoms with Crippen molar-refractivity contribution in [1.82, 2.24) is 14.3 Å². The maximum atomic E-state index is 12.1. The summed E-state index contributed by atoms with van der Waals surface area (Å²) in [5, 5.41) is -0.0657. The molecule has 0 fully saturated rings. The zero-order valence-corrected chi connectivity index (χ0v) is 15.7. The molecule has 9 heteroatoms. The number of benzene rings is 1. The van der Waals surface area contributed by atoms with Crippen molar-refractivity contribution >= 4 is 31.9 Å². The fraction of sp³-hybridized carbons (Fsp3) is 0.333. The molecule has 0 unspecified atom stereocenters. The van der Waals surface area contributed by atoms with E-state index in [-0.39, 0.29) is 24.6 Å². The molecule has 24 heavy (non-hydrogen) atoms. The molecular weight excluding hydrogens is 398 g/mol. The highest BCUT2D eigenvalue weighted by molar-refractivity contribution is 9.10. The number of halogens is 1. The quantitative estimate of drug-likeness (QED) is 0.697. The minimum absolute atomic E-state index is 0.0489. The Bertz CT molecular complexity index is 813. The monoisotopic (exact) mass is 415 g/mol. The Labute approximate surface area is 149 Å². The summed E-state index contributed by atoms with van der Waals surface area (Å²) in [7, 11) is -2.02. The lowest BCUT2D eigenvalue weighted by molar-refractivity contribution is -0.144. The van der Waals surface area contributed by atoms with Crippen LogP contribution < -0.4 is 4.72 Å². The van der Waals surface area contributed by atoms with E-state index in [0.717, 1.165) is 10.0 Å². The maximum absolute atomic E-state index is 12.1. The number of esters is 1. The van der Waals surface area contributed by atoms with E-state index in [2.05, 4.69) is 25.6 Å². The lowest BCUT2D eigenvalue weighted by atomic mass is 10.2. The number of aryl methyl sites for hydroxylation is 2. The van der Waals surface area contributed by atoms with Gasteiger partial charge in [0.2, 0.25) is 0 Å². The number of carbonyl (C=O) groups excluding carboxylic acids is 1. The predicted octanol–water partition coefficient (Wildman–Crippen LogP) is 1.90. The molecule has 7 nitrogen and oxygen atoms in total. The van der Waals surface area contributed by atoms with Crippen LogP contribution in [0.1, 0.15) is 17.8 Å². The summed E-state index contributed by atoms with van der Waals surface area (Å²) in [6.45, 7) is 1.79. The van der Waals surface area contributed by atoms with Gasteiger partial charge in [-0.2, -0.15) is 0 Å². The third kappa shape index (κ3) is 4.89. The lowest BCUT2D eigenvalue weighted by Crippen LogP contribution is -2.27. The van der Waals surface area contributed by atoms with Gasteiger partial charge in [0.25, 0.3) is 10.0 Å². The molecule has 0 aliphatic carbocycles. The van der Waals surface area contributed by atoms with Crippen LogP contribution in [-0.4, -0.2) is 30.5 Å². The standard InChI is InChI=1S/C15H18BrN3O4S/c1-11-18-14(9-19(11)2)24(21,22)17-8-7-15(20)23-10-12-5-3-4-6-13(12)16/h3-6,9,17H,7-8,10H2,1-2H3. The van der Waals surface area contributed by atoms with Crippen LogP contribution in [-0.2, 0) is 33.2 Å². The summed E-state index contributed by atoms with van der Waals surface area (Å²) >= 11 is 3.37. The van der Waals surface area contributed by atoms with Crippen LogP contribution >= 0.6 is 15.9 Å². The Morgan fingerprint density at radius 2 is 2.08 bits per heavy atom. The van der Waals surface area contributed by atoms with Crippen LogP contribution in [0.4, 0.5) is 0 Å². The van der Waals surface area contributed by atoms with Crippen molar-refractivity contribution < 1.29 is 17.9 Å². The first-order valence-corrected chi connectivity index (χ1v) is 9.46. The molecule has 2 aromatic rings. The van der Waals surface area contributed by atoms with Gasteiger partial charge in [0.1, 0.15) is 12.4 Å². The average Bonchev–Trinajstić information content (AvgIpc) is 2.87. The number of sulfonamides is 1. The van der Waals surface area contributed by atoms with Gasteiger partial charge in [-0.25, -0.2) is 18.1 Å². The predicted molar refractivity (Wildman–Crippen MR) is 91.7 cm³/mol. The van der Waals surface area contributed by atoms with E-state index in [4.69, 9.17) is 4.74 Å². The third-order valence-corrected chi connectivity index (χ3v) is 5.43. The van der Waals surface area contributed by atoms with Crippen LogP contribution in [0.25, 0.3) is 0 Å². The first-order valence-electron chi connectivity index (χ1n) is 7.18. The molecule has 1 N–H and O–H groups in total. The first-order chi connectivity index (χ1) is 11.3. The van der Waals surface area contributed by atoms with Crippen molar-refractivity contribution in [3.63, 3.8) is 0 Å². The van der Waals surface area contributed by atoms with Gasteiger partial charge in [0, 0.05) is 29.8 Å². The second kappa shape index (κ2) is 7.91. The minimum Gasteiger partial charge on any atom is -0.461 e. The van der Waals surface area contributed by atoms with Crippen molar-refractivity contribution in [2.45, 2.75) is 25.0 Å². The second-order valence-corrected chi connectivity index (χ2v) is 7.71. The zero-order valence-electron chi connectivity index (χ0n) is 13.3. The molecule has 0 atom stereocenters. The normalized spacial score (nSPS) is 11.5. The molecule has 0 saturated carbocycles. The lowest BCUT2D eigenvalue weighted by Gasteiger charge is -2.07. The Balaban J connectivity index is 1.81. The fourth-order valence-corrected chi connectivity index (χ4v) is 3.33. The SMILES string of the molecule is Cc1nc(S(=O)(=O)NCCC(=O)OCc2ccccc2Br)cn1C. The highest BCUT2D eigenvalue weighted by atomic mass is 79.9. The van der Waals surface area contributed by atoms with Gasteiger partial charge in [-0.15, -0.1) is 0 Å². The molecule has 0 aliphatic heterocycles. The number of nitrogens with one attached hydrogen (secondary N) is 1. The van der Waals surface area contributed by atoms with Gasteiger partial charge in [0.15, 0.2) is 5.03 Å². The molecule has 2 rings (SSSR count). The summed E-state index contributed by atoms with van der Waals surface area (Å²) in [6.07, 6.45) is 1.36. The number of imidazole rings is 1. The van der Waals surface area contributed by atoms with Crippen LogP contribution in [0.5, 0.6) is 0 Å². The Morgan fingerprint density at radius 1 is 1.38 bits per heavy atom. The van der Waals surface area contributed by atoms with E-state index in [1.54, 1.807) is 18.5 Å². The van der Waals surface area contributed by atoms with Crippen LogP contribution in [0, 0.1) is 6.92 Å². The average molecular weight is 416 g/mol. The van der Waals surface area contributed by atoms with E-state index >= 15 is 0 Å². The smallest absolute Gasteiger partial charge is 0.307 e. The number of rotatable bonds is 7. The van der Waals surface area contributed by atoms with Crippen LogP contribution in [0.15, 0.2) is 40.0 Å². The van der Waals surface area contributed by atoms with Crippen LogP contribution in [0.2, 0.25) is 0 Å². The topological polar surface area (TPSA) is 90.3 Å². The molecule has 0 spiro atoms. The summed E-state index contributed by atoms with van der Waals surface area (Å²) in [4.78, 5) is 15.7. The number of ether oxygens (including phenoxy) is 1. The van der Waals surface area contributed by atoms with Crippen molar-refractivity contribution in [2.75, 3.05) is 6.54 Å². The molecule has 130 valence electrons. The molecule has 0 amide bonds. The Morgan fingerprint density at radius 3 is 2.71 bits per heavy atom. The molecule has 1 aromatic heterocycles. The summed E-state index contributed by atoms with van der Waals surface area (Å²) in [6, 6.07) is 7.40. The van der Waals surface area contributed by atoms with Gasteiger partial charge in [-0.3, -0.25) is 4.79 Å². The van der Waals surface area contributed by atoms with E-state index in [1.807, 2.05) is 24.3 Å². The van der Waals surface area contributed by atoms with E-state index in [0.29, 0.717) is 5.82 Å². The van der Waals surface area contributed by atoms with E-state index < -0.39 is 16.0 Å². The van der Waals surface area contributed by atoms with Gasteiger partial charge >= 0.3 is 5.97 Å². The summed E-state index contributed by atoms with van der Waals surface area (Å²) < 4.78 is 34.1. The number of hydrogen-bond donors (Lipinski definition) is 1. The number of nitrogens with zero attached hydrogens (tertiary/aromatic N) is 2. The Kier molecular flexibility index (Phi) is 6.14. The number of aromatic nitrogens is 2.